The summed E-state index contributed by atoms with van der Waals surface area (Å²) in [6.45, 7) is 3.43. The van der Waals surface area contributed by atoms with Gasteiger partial charge in [0.2, 0.25) is 0 Å². The summed E-state index contributed by atoms with van der Waals surface area (Å²) < 4.78 is 5.37. The summed E-state index contributed by atoms with van der Waals surface area (Å²) in [5, 5.41) is 9.21. The summed E-state index contributed by atoms with van der Waals surface area (Å²) in [7, 11) is 5.07. The second-order valence-corrected chi connectivity index (χ2v) is 6.18. The predicted octanol–water partition coefficient (Wildman–Crippen LogP) is 2.27. The molecule has 0 saturated carbocycles. The van der Waals surface area contributed by atoms with Crippen molar-refractivity contribution in [2.24, 2.45) is 4.99 Å². The summed E-state index contributed by atoms with van der Waals surface area (Å²) in [5.74, 6) is 1.57. The zero-order valence-electron chi connectivity index (χ0n) is 16.4. The molecular weight excluding hydrogens is 340 g/mol. The molecule has 0 radical (unpaired) electrons. The molecule has 0 fully saturated rings. The first kappa shape index (κ1) is 20.3. The first-order chi connectivity index (χ1) is 13.1. The second kappa shape index (κ2) is 10.2. The number of carbonyl (C=O) groups excluding carboxylic acids is 1. The second-order valence-electron chi connectivity index (χ2n) is 6.18. The van der Waals surface area contributed by atoms with Crippen molar-refractivity contribution in [1.82, 2.24) is 16.0 Å². The number of nitrogens with zero attached hydrogens (tertiary/aromatic N) is 1. The van der Waals surface area contributed by atoms with Gasteiger partial charge in [0.1, 0.15) is 5.75 Å². The third-order valence-electron chi connectivity index (χ3n) is 4.31. The summed E-state index contributed by atoms with van der Waals surface area (Å²) in [5.41, 5.74) is 4.07. The van der Waals surface area contributed by atoms with E-state index >= 15 is 0 Å². The average molecular weight is 368 g/mol. The largest absolute Gasteiger partial charge is 0.496 e. The van der Waals surface area contributed by atoms with Gasteiger partial charge in [0.05, 0.1) is 7.11 Å². The highest BCUT2D eigenvalue weighted by Crippen LogP contribution is 2.18. The molecule has 0 spiro atoms. The highest BCUT2D eigenvalue weighted by molar-refractivity contribution is 5.93. The molecule has 2 aromatic rings. The maximum Gasteiger partial charge on any atom is 0.251 e. The van der Waals surface area contributed by atoms with Gasteiger partial charge in [0.25, 0.3) is 5.91 Å². The maximum absolute atomic E-state index is 11.6. The molecule has 0 bridgehead atoms. The van der Waals surface area contributed by atoms with Crippen LogP contribution in [0.1, 0.15) is 27.0 Å². The number of ether oxygens (including phenoxy) is 1. The minimum absolute atomic E-state index is 0.0836. The lowest BCUT2D eigenvalue weighted by atomic mass is 10.1. The lowest BCUT2D eigenvalue weighted by Crippen LogP contribution is -2.37. The molecule has 2 rings (SSSR count). The van der Waals surface area contributed by atoms with Gasteiger partial charge in [0, 0.05) is 32.7 Å². The molecule has 0 aliphatic carbocycles. The number of benzene rings is 2. The van der Waals surface area contributed by atoms with Crippen molar-refractivity contribution in [3.8, 4) is 5.75 Å². The van der Waals surface area contributed by atoms with Crippen LogP contribution in [0.4, 0.5) is 0 Å². The van der Waals surface area contributed by atoms with E-state index < -0.39 is 0 Å². The van der Waals surface area contributed by atoms with Crippen LogP contribution in [0.2, 0.25) is 0 Å². The lowest BCUT2D eigenvalue weighted by Gasteiger charge is -2.13. The molecule has 27 heavy (non-hydrogen) atoms. The zero-order chi connectivity index (χ0) is 19.6. The van der Waals surface area contributed by atoms with Crippen LogP contribution >= 0.6 is 0 Å². The molecule has 3 N–H and O–H groups in total. The highest BCUT2D eigenvalue weighted by atomic mass is 16.5. The van der Waals surface area contributed by atoms with Crippen molar-refractivity contribution in [3.63, 3.8) is 0 Å². The fourth-order valence-corrected chi connectivity index (χ4v) is 2.67. The van der Waals surface area contributed by atoms with Gasteiger partial charge in [-0.05, 0) is 48.2 Å². The molecule has 1 amide bonds. The van der Waals surface area contributed by atoms with Crippen LogP contribution in [0.3, 0.4) is 0 Å². The Bertz CT molecular complexity index is 785. The molecule has 144 valence electrons. The number of amides is 1. The standard InChI is InChI=1S/C21H28N4O2/c1-15-5-6-16(13-19(15)27-4)11-12-24-21(23-3)25-14-17-7-9-18(10-8-17)20(26)22-2/h5-10,13H,11-12,14H2,1-4H3,(H,22,26)(H2,23,24,25). The summed E-state index contributed by atoms with van der Waals surface area (Å²) in [4.78, 5) is 15.8. The van der Waals surface area contributed by atoms with Gasteiger partial charge in [-0.1, -0.05) is 24.3 Å². The summed E-state index contributed by atoms with van der Waals surface area (Å²) in [6.07, 6.45) is 0.873. The highest BCUT2D eigenvalue weighted by Gasteiger charge is 2.04. The number of hydrogen-bond donors (Lipinski definition) is 3. The zero-order valence-corrected chi connectivity index (χ0v) is 16.4. The fourth-order valence-electron chi connectivity index (χ4n) is 2.67. The topological polar surface area (TPSA) is 74.8 Å². The van der Waals surface area contributed by atoms with Crippen LogP contribution in [-0.2, 0) is 13.0 Å². The average Bonchev–Trinajstić information content (AvgIpc) is 2.71. The molecule has 2 aromatic carbocycles. The molecular formula is C21H28N4O2. The van der Waals surface area contributed by atoms with Crippen LogP contribution in [0.15, 0.2) is 47.5 Å². The molecule has 0 aromatic heterocycles. The summed E-state index contributed by atoms with van der Waals surface area (Å²) >= 11 is 0. The Balaban J connectivity index is 1.81. The lowest BCUT2D eigenvalue weighted by molar-refractivity contribution is 0.0963. The molecule has 0 aliphatic heterocycles. The molecule has 0 heterocycles. The first-order valence-electron chi connectivity index (χ1n) is 8.96. The number of guanidine groups is 1. The molecule has 0 unspecified atom stereocenters. The number of carbonyl (C=O) groups is 1. The SMILES string of the molecule is CN=C(NCCc1ccc(C)c(OC)c1)NCc1ccc(C(=O)NC)cc1. The Hall–Kier alpha value is -3.02. The first-order valence-corrected chi connectivity index (χ1v) is 8.96. The van der Waals surface area contributed by atoms with Crippen molar-refractivity contribution < 1.29 is 9.53 Å². The van der Waals surface area contributed by atoms with E-state index in [9.17, 15) is 4.79 Å². The van der Waals surface area contributed by atoms with Crippen molar-refractivity contribution in [2.75, 3.05) is 27.7 Å². The molecule has 6 nitrogen and oxygen atoms in total. The van der Waals surface area contributed by atoms with Gasteiger partial charge in [-0.2, -0.15) is 0 Å². The molecule has 0 saturated heterocycles. The fraction of sp³-hybridized carbons (Fsp3) is 0.333. The van der Waals surface area contributed by atoms with Gasteiger partial charge in [0.15, 0.2) is 5.96 Å². The summed E-state index contributed by atoms with van der Waals surface area (Å²) in [6, 6.07) is 13.8. The Kier molecular flexibility index (Phi) is 7.67. The molecule has 0 aliphatic rings. The third-order valence-corrected chi connectivity index (χ3v) is 4.31. The Labute approximate surface area is 161 Å². The van der Waals surface area contributed by atoms with E-state index in [1.165, 1.54) is 5.56 Å². The minimum atomic E-state index is -0.0836. The third kappa shape index (κ3) is 6.02. The van der Waals surface area contributed by atoms with Crippen LogP contribution in [-0.4, -0.2) is 39.6 Å². The van der Waals surface area contributed by atoms with Crippen LogP contribution < -0.4 is 20.7 Å². The quantitative estimate of drug-likeness (QED) is 0.518. The smallest absolute Gasteiger partial charge is 0.251 e. The predicted molar refractivity (Wildman–Crippen MR) is 109 cm³/mol. The van der Waals surface area contributed by atoms with E-state index in [1.54, 1.807) is 21.2 Å². The van der Waals surface area contributed by atoms with Crippen molar-refractivity contribution in [1.29, 1.82) is 0 Å². The number of aliphatic imine (C=N–C) groups is 1. The van der Waals surface area contributed by atoms with Crippen LogP contribution in [0.5, 0.6) is 5.75 Å². The van der Waals surface area contributed by atoms with Gasteiger partial charge in [-0.25, -0.2) is 0 Å². The van der Waals surface area contributed by atoms with E-state index in [0.29, 0.717) is 12.1 Å². The van der Waals surface area contributed by atoms with Crippen molar-refractivity contribution in [2.45, 2.75) is 19.9 Å². The van der Waals surface area contributed by atoms with Gasteiger partial charge in [-0.3, -0.25) is 9.79 Å². The minimum Gasteiger partial charge on any atom is -0.496 e. The Morgan fingerprint density at radius 1 is 1.07 bits per heavy atom. The maximum atomic E-state index is 11.6. The van der Waals surface area contributed by atoms with Crippen LogP contribution in [0.25, 0.3) is 0 Å². The van der Waals surface area contributed by atoms with Gasteiger partial charge >= 0.3 is 0 Å². The number of hydrogen-bond acceptors (Lipinski definition) is 3. The number of aryl methyl sites for hydroxylation is 1. The number of rotatable bonds is 7. The Morgan fingerprint density at radius 2 is 1.78 bits per heavy atom. The van der Waals surface area contributed by atoms with E-state index in [2.05, 4.69) is 39.1 Å². The van der Waals surface area contributed by atoms with Crippen molar-refractivity contribution in [3.05, 3.63) is 64.7 Å². The number of nitrogens with one attached hydrogen (secondary N) is 3. The van der Waals surface area contributed by atoms with Crippen molar-refractivity contribution >= 4 is 11.9 Å². The monoisotopic (exact) mass is 368 g/mol. The Morgan fingerprint density at radius 3 is 2.41 bits per heavy atom. The van der Waals surface area contributed by atoms with E-state index in [-0.39, 0.29) is 5.91 Å². The normalized spacial score (nSPS) is 11.0. The van der Waals surface area contributed by atoms with E-state index in [1.807, 2.05) is 31.2 Å². The molecule has 6 heteroatoms. The molecule has 0 atom stereocenters. The van der Waals surface area contributed by atoms with E-state index in [0.717, 1.165) is 35.8 Å². The number of methoxy groups -OCH3 is 1. The van der Waals surface area contributed by atoms with Gasteiger partial charge in [-0.15, -0.1) is 0 Å². The van der Waals surface area contributed by atoms with Gasteiger partial charge < -0.3 is 20.7 Å². The van der Waals surface area contributed by atoms with Crippen LogP contribution in [0, 0.1) is 6.92 Å². The van der Waals surface area contributed by atoms with E-state index in [4.69, 9.17) is 4.74 Å².